The molecule has 0 spiro atoms. The molecule has 2 N–H and O–H groups in total. The predicted octanol–water partition coefficient (Wildman–Crippen LogP) is 2.90. The van der Waals surface area contributed by atoms with Gasteiger partial charge in [-0.25, -0.2) is 4.98 Å². The molecule has 0 amide bonds. The van der Waals surface area contributed by atoms with Crippen LogP contribution in [0.4, 0.5) is 0 Å². The fourth-order valence-electron chi connectivity index (χ4n) is 3.64. The monoisotopic (exact) mass is 284 g/mol. The van der Waals surface area contributed by atoms with E-state index in [1.165, 1.54) is 24.8 Å². The van der Waals surface area contributed by atoms with E-state index in [2.05, 4.69) is 47.3 Å². The van der Waals surface area contributed by atoms with Gasteiger partial charge in [0, 0.05) is 24.4 Å². The summed E-state index contributed by atoms with van der Waals surface area (Å²) in [5, 5.41) is 4.28. The Kier molecular flexibility index (Phi) is 4.06. The highest BCUT2D eigenvalue weighted by Gasteiger charge is 2.39. The Morgan fingerprint density at radius 1 is 1.29 bits per heavy atom. The fourth-order valence-corrected chi connectivity index (χ4v) is 3.64. The fraction of sp³-hybridized carbons (Fsp3) is 0.529. The molecular weight excluding hydrogens is 260 g/mol. The maximum atomic E-state index is 6.87. The van der Waals surface area contributed by atoms with Gasteiger partial charge in [0.1, 0.15) is 12.2 Å². The molecule has 1 aromatic heterocycles. The zero-order valence-electron chi connectivity index (χ0n) is 12.7. The second-order valence-electron chi connectivity index (χ2n) is 6.11. The average molecular weight is 284 g/mol. The van der Waals surface area contributed by atoms with E-state index >= 15 is 0 Å². The normalized spacial score (nSPS) is 25.9. The van der Waals surface area contributed by atoms with Crippen molar-refractivity contribution in [3.8, 4) is 0 Å². The molecule has 3 rings (SSSR count). The molecule has 2 unspecified atom stereocenters. The zero-order valence-corrected chi connectivity index (χ0v) is 12.7. The first kappa shape index (κ1) is 14.3. The number of hydrogen-bond acceptors (Lipinski definition) is 3. The van der Waals surface area contributed by atoms with Crippen molar-refractivity contribution in [1.82, 2.24) is 14.8 Å². The van der Waals surface area contributed by atoms with Crippen LogP contribution < -0.4 is 5.73 Å². The zero-order chi connectivity index (χ0) is 14.7. The van der Waals surface area contributed by atoms with Gasteiger partial charge in [-0.2, -0.15) is 5.10 Å². The van der Waals surface area contributed by atoms with Crippen LogP contribution in [0.1, 0.15) is 49.9 Å². The van der Waals surface area contributed by atoms with Crippen molar-refractivity contribution < 1.29 is 0 Å². The second kappa shape index (κ2) is 5.98. The molecule has 0 bridgehead atoms. The van der Waals surface area contributed by atoms with Gasteiger partial charge in [-0.3, -0.25) is 4.68 Å². The van der Waals surface area contributed by atoms with E-state index in [4.69, 9.17) is 5.73 Å². The predicted molar refractivity (Wildman–Crippen MR) is 84.0 cm³/mol. The number of hydrogen-bond donors (Lipinski definition) is 1. The van der Waals surface area contributed by atoms with Gasteiger partial charge < -0.3 is 5.73 Å². The average Bonchev–Trinajstić information content (AvgIpc) is 2.95. The molecule has 0 saturated heterocycles. The lowest BCUT2D eigenvalue weighted by molar-refractivity contribution is 0.243. The summed E-state index contributed by atoms with van der Waals surface area (Å²) < 4.78 is 1.96. The molecule has 112 valence electrons. The minimum Gasteiger partial charge on any atom is -0.324 e. The van der Waals surface area contributed by atoms with E-state index in [1.54, 1.807) is 6.33 Å². The van der Waals surface area contributed by atoms with Crippen LogP contribution in [-0.4, -0.2) is 20.3 Å². The Balaban J connectivity index is 1.89. The lowest BCUT2D eigenvalue weighted by Gasteiger charge is -2.41. The summed E-state index contributed by atoms with van der Waals surface area (Å²) in [6.07, 6.45) is 7.14. The van der Waals surface area contributed by atoms with Gasteiger partial charge in [0.2, 0.25) is 0 Å². The number of nitrogens with two attached hydrogens (primary N) is 1. The van der Waals surface area contributed by atoms with Crippen LogP contribution in [0.25, 0.3) is 0 Å². The van der Waals surface area contributed by atoms with Crippen LogP contribution in [0.15, 0.2) is 36.7 Å². The van der Waals surface area contributed by atoms with Crippen molar-refractivity contribution in [3.63, 3.8) is 0 Å². The Hall–Kier alpha value is -1.68. The summed E-state index contributed by atoms with van der Waals surface area (Å²) in [4.78, 5) is 4.43. The molecule has 0 aliphatic heterocycles. The van der Waals surface area contributed by atoms with Crippen LogP contribution >= 0.6 is 0 Å². The quantitative estimate of drug-likeness (QED) is 0.939. The van der Waals surface area contributed by atoms with Crippen LogP contribution in [0.5, 0.6) is 0 Å². The van der Waals surface area contributed by atoms with Crippen molar-refractivity contribution in [1.29, 1.82) is 0 Å². The van der Waals surface area contributed by atoms with E-state index in [0.717, 1.165) is 25.2 Å². The third-order valence-corrected chi connectivity index (χ3v) is 4.76. The smallest absolute Gasteiger partial charge is 0.138 e. The topological polar surface area (TPSA) is 56.7 Å². The summed E-state index contributed by atoms with van der Waals surface area (Å²) >= 11 is 0. The van der Waals surface area contributed by atoms with E-state index in [9.17, 15) is 0 Å². The molecule has 2 atom stereocenters. The van der Waals surface area contributed by atoms with Gasteiger partial charge in [0.15, 0.2) is 0 Å². The summed E-state index contributed by atoms with van der Waals surface area (Å²) in [6.45, 7) is 2.94. The first-order chi connectivity index (χ1) is 10.2. The molecular formula is C17H24N4. The number of nitrogens with zero attached hydrogens (tertiary/aromatic N) is 3. The van der Waals surface area contributed by atoms with E-state index in [0.29, 0.717) is 5.92 Å². The summed E-state index contributed by atoms with van der Waals surface area (Å²) in [5.41, 5.74) is 8.02. The SMILES string of the molecule is CCn1ncnc1CC1(N)CCCCC1c1ccccc1. The largest absolute Gasteiger partial charge is 0.324 e. The third-order valence-electron chi connectivity index (χ3n) is 4.76. The van der Waals surface area contributed by atoms with Crippen LogP contribution in [0.2, 0.25) is 0 Å². The van der Waals surface area contributed by atoms with Crippen LogP contribution in [0.3, 0.4) is 0 Å². The molecule has 1 aromatic carbocycles. The Labute approximate surface area is 126 Å². The van der Waals surface area contributed by atoms with Gasteiger partial charge in [-0.15, -0.1) is 0 Å². The number of rotatable bonds is 4. The van der Waals surface area contributed by atoms with Gasteiger partial charge in [-0.1, -0.05) is 43.2 Å². The van der Waals surface area contributed by atoms with Crippen molar-refractivity contribution in [2.24, 2.45) is 5.73 Å². The molecule has 1 fully saturated rings. The Morgan fingerprint density at radius 3 is 2.86 bits per heavy atom. The van der Waals surface area contributed by atoms with Crippen molar-refractivity contribution >= 4 is 0 Å². The highest BCUT2D eigenvalue weighted by molar-refractivity contribution is 5.25. The molecule has 1 heterocycles. The highest BCUT2D eigenvalue weighted by Crippen LogP contribution is 2.40. The van der Waals surface area contributed by atoms with Crippen LogP contribution in [-0.2, 0) is 13.0 Å². The molecule has 21 heavy (non-hydrogen) atoms. The lowest BCUT2D eigenvalue weighted by Crippen LogP contribution is -2.50. The lowest BCUT2D eigenvalue weighted by atomic mass is 9.68. The molecule has 1 aliphatic rings. The maximum absolute atomic E-state index is 6.87. The molecule has 1 saturated carbocycles. The van der Waals surface area contributed by atoms with Crippen molar-refractivity contribution in [3.05, 3.63) is 48.0 Å². The van der Waals surface area contributed by atoms with Gasteiger partial charge in [0.05, 0.1) is 0 Å². The first-order valence-electron chi connectivity index (χ1n) is 7.93. The Morgan fingerprint density at radius 2 is 2.10 bits per heavy atom. The van der Waals surface area contributed by atoms with E-state index in [1.807, 2.05) is 4.68 Å². The van der Waals surface area contributed by atoms with Crippen molar-refractivity contribution in [2.45, 2.75) is 57.0 Å². The molecule has 2 aromatic rings. The molecule has 0 radical (unpaired) electrons. The van der Waals surface area contributed by atoms with Gasteiger partial charge in [0.25, 0.3) is 0 Å². The molecule has 1 aliphatic carbocycles. The number of benzene rings is 1. The summed E-state index contributed by atoms with van der Waals surface area (Å²) in [5.74, 6) is 1.43. The Bertz CT molecular complexity index is 577. The minimum absolute atomic E-state index is 0.209. The molecule has 4 heteroatoms. The van der Waals surface area contributed by atoms with Gasteiger partial charge in [-0.05, 0) is 25.3 Å². The van der Waals surface area contributed by atoms with Crippen molar-refractivity contribution in [2.75, 3.05) is 0 Å². The highest BCUT2D eigenvalue weighted by atomic mass is 15.3. The van der Waals surface area contributed by atoms with Gasteiger partial charge >= 0.3 is 0 Å². The minimum atomic E-state index is -0.209. The maximum Gasteiger partial charge on any atom is 0.138 e. The van der Waals surface area contributed by atoms with E-state index < -0.39 is 0 Å². The summed E-state index contributed by atoms with van der Waals surface area (Å²) in [7, 11) is 0. The van der Waals surface area contributed by atoms with Crippen LogP contribution in [0, 0.1) is 0 Å². The summed E-state index contributed by atoms with van der Waals surface area (Å²) in [6, 6.07) is 10.7. The number of aromatic nitrogens is 3. The standard InChI is InChI=1S/C17H24N4/c1-2-21-16(19-13-20-21)12-17(18)11-7-6-10-15(17)14-8-4-3-5-9-14/h3-5,8-9,13,15H,2,6-7,10-12,18H2,1H3. The van der Waals surface area contributed by atoms with E-state index in [-0.39, 0.29) is 5.54 Å². The third kappa shape index (κ3) is 2.86. The number of aryl methyl sites for hydroxylation is 1. The second-order valence-corrected chi connectivity index (χ2v) is 6.11. The first-order valence-corrected chi connectivity index (χ1v) is 7.93. The molecule has 4 nitrogen and oxygen atoms in total.